The van der Waals surface area contributed by atoms with Gasteiger partial charge in [0.25, 0.3) is 0 Å². The number of aliphatic imine (C=N–C) groups is 1. The summed E-state index contributed by atoms with van der Waals surface area (Å²) in [6.45, 7) is 1.59. The number of hydrogen-bond donors (Lipinski definition) is 0. The Labute approximate surface area is 139 Å². The van der Waals surface area contributed by atoms with Crippen molar-refractivity contribution in [2.24, 2.45) is 4.99 Å². The topological polar surface area (TPSA) is 97.4 Å². The Balaban J connectivity index is 0.00000102. The molecule has 2 aromatic rings. The van der Waals surface area contributed by atoms with E-state index in [0.717, 1.165) is 17.3 Å². The predicted molar refractivity (Wildman–Crippen MR) is 84.5 cm³/mol. The third-order valence-electron chi connectivity index (χ3n) is 2.83. The van der Waals surface area contributed by atoms with Gasteiger partial charge < -0.3 is 21.1 Å². The van der Waals surface area contributed by atoms with Crippen LogP contribution in [0.1, 0.15) is 5.56 Å². The van der Waals surface area contributed by atoms with Gasteiger partial charge in [-0.1, -0.05) is 42.1 Å². The van der Waals surface area contributed by atoms with E-state index in [4.69, 9.17) is 11.1 Å². The first kappa shape index (κ1) is 19.9. The molecule has 117 valence electrons. The van der Waals surface area contributed by atoms with E-state index in [0.29, 0.717) is 12.1 Å². The SMILES string of the molecule is CN(C)CCN=Cc1c([O-])ccc2ccccc12.[N-]=[N+]=[N-].[Ni+3]. The van der Waals surface area contributed by atoms with E-state index in [2.05, 4.69) is 9.89 Å². The van der Waals surface area contributed by atoms with Crippen molar-refractivity contribution in [3.63, 3.8) is 0 Å². The summed E-state index contributed by atoms with van der Waals surface area (Å²) in [5, 5.41) is 13.9. The second-order valence-corrected chi connectivity index (χ2v) is 4.63. The third kappa shape index (κ3) is 6.14. The van der Waals surface area contributed by atoms with E-state index >= 15 is 0 Å². The third-order valence-corrected chi connectivity index (χ3v) is 2.83. The minimum absolute atomic E-state index is 0. The zero-order valence-electron chi connectivity index (χ0n) is 12.4. The number of likely N-dealkylation sites (N-methyl/N-ethyl adjacent to an activating group) is 1. The van der Waals surface area contributed by atoms with Crippen LogP contribution in [0.15, 0.2) is 41.4 Å². The molecule has 0 heterocycles. The Morgan fingerprint density at radius 1 is 1.18 bits per heavy atom. The summed E-state index contributed by atoms with van der Waals surface area (Å²) >= 11 is 0. The molecule has 0 amide bonds. The largest absolute Gasteiger partial charge is 3.00 e. The van der Waals surface area contributed by atoms with Crippen LogP contribution in [-0.4, -0.2) is 38.3 Å². The van der Waals surface area contributed by atoms with Gasteiger partial charge in [-0.2, -0.15) is 0 Å². The molecule has 0 aliphatic rings. The van der Waals surface area contributed by atoms with Crippen LogP contribution in [-0.2, 0) is 16.5 Å². The number of rotatable bonds is 4. The standard InChI is InChI=1S/C15H18N2O.N3.Ni/c1-17(2)10-9-16-11-14-13-6-4-3-5-12(13)7-8-15(14)18;1-3-2;/h3-8,11,18H,9-10H2,1-2H3;;/q;-1;+3/p-1. The van der Waals surface area contributed by atoms with E-state index in [9.17, 15) is 5.11 Å². The first-order valence-corrected chi connectivity index (χ1v) is 6.42. The van der Waals surface area contributed by atoms with Crippen LogP contribution in [0.3, 0.4) is 0 Å². The molecule has 6 nitrogen and oxygen atoms in total. The molecular weight excluding hydrogens is 325 g/mol. The number of hydrogen-bond acceptors (Lipinski definition) is 3. The number of fused-ring (bicyclic) bond motifs is 1. The van der Waals surface area contributed by atoms with Crippen LogP contribution in [0, 0.1) is 0 Å². The molecular formula is C15H17N5NiO+. The van der Waals surface area contributed by atoms with E-state index in [1.807, 2.05) is 44.4 Å². The van der Waals surface area contributed by atoms with E-state index in [-0.39, 0.29) is 22.2 Å². The van der Waals surface area contributed by atoms with Crippen molar-refractivity contribution < 1.29 is 21.6 Å². The summed E-state index contributed by atoms with van der Waals surface area (Å²) < 4.78 is 0. The molecule has 0 atom stereocenters. The fourth-order valence-electron chi connectivity index (χ4n) is 1.82. The van der Waals surface area contributed by atoms with Gasteiger partial charge in [-0.3, -0.25) is 9.90 Å². The van der Waals surface area contributed by atoms with E-state index < -0.39 is 0 Å². The summed E-state index contributed by atoms with van der Waals surface area (Å²) in [4.78, 5) is 7.89. The van der Waals surface area contributed by atoms with Crippen LogP contribution in [0.2, 0.25) is 0 Å². The van der Waals surface area contributed by atoms with E-state index in [1.165, 1.54) is 4.91 Å². The van der Waals surface area contributed by atoms with Gasteiger partial charge in [-0.05, 0) is 30.4 Å². The Morgan fingerprint density at radius 2 is 1.82 bits per heavy atom. The normalized spacial score (nSPS) is 9.95. The summed E-state index contributed by atoms with van der Waals surface area (Å²) in [6.07, 6.45) is 1.70. The number of benzene rings is 2. The van der Waals surface area contributed by atoms with Crippen LogP contribution in [0.5, 0.6) is 5.75 Å². The van der Waals surface area contributed by atoms with Gasteiger partial charge in [0.2, 0.25) is 0 Å². The second-order valence-electron chi connectivity index (χ2n) is 4.63. The fourth-order valence-corrected chi connectivity index (χ4v) is 1.82. The summed E-state index contributed by atoms with van der Waals surface area (Å²) in [5.74, 6) is 0.0299. The van der Waals surface area contributed by atoms with Crippen molar-refractivity contribution >= 4 is 17.0 Å². The molecule has 22 heavy (non-hydrogen) atoms. The molecule has 2 aromatic carbocycles. The Bertz CT molecular complexity index is 651. The zero-order chi connectivity index (χ0) is 15.7. The minimum Gasteiger partial charge on any atom is -0.872 e. The molecule has 0 aliphatic carbocycles. The molecule has 0 bridgehead atoms. The minimum atomic E-state index is 0. The monoisotopic (exact) mass is 341 g/mol. The van der Waals surface area contributed by atoms with Crippen molar-refractivity contribution in [3.05, 3.63) is 57.9 Å². The van der Waals surface area contributed by atoms with E-state index in [1.54, 1.807) is 12.3 Å². The molecule has 0 unspecified atom stereocenters. The van der Waals surface area contributed by atoms with Crippen molar-refractivity contribution in [2.75, 3.05) is 27.2 Å². The van der Waals surface area contributed by atoms with Crippen LogP contribution < -0.4 is 5.11 Å². The first-order valence-electron chi connectivity index (χ1n) is 6.42. The van der Waals surface area contributed by atoms with Gasteiger partial charge in [-0.15, -0.1) is 0 Å². The zero-order valence-corrected chi connectivity index (χ0v) is 13.4. The summed E-state index contributed by atoms with van der Waals surface area (Å²) in [7, 11) is 4.01. The number of nitrogens with zero attached hydrogens (tertiary/aromatic N) is 5. The van der Waals surface area contributed by atoms with Gasteiger partial charge in [0.15, 0.2) is 0 Å². The Hall–Kier alpha value is -2.07. The summed E-state index contributed by atoms with van der Waals surface area (Å²) in [6, 6.07) is 11.3. The quantitative estimate of drug-likeness (QED) is 0.281. The molecule has 0 spiro atoms. The average Bonchev–Trinajstić information content (AvgIpc) is 2.46. The molecule has 0 aliphatic heterocycles. The van der Waals surface area contributed by atoms with Crippen LogP contribution >= 0.6 is 0 Å². The van der Waals surface area contributed by atoms with Gasteiger partial charge >= 0.3 is 16.5 Å². The molecule has 0 N–H and O–H groups in total. The van der Waals surface area contributed by atoms with Crippen molar-refractivity contribution in [3.8, 4) is 5.75 Å². The molecule has 7 heteroatoms. The molecule has 1 radical (unpaired) electrons. The smallest absolute Gasteiger partial charge is 0.872 e. The maximum atomic E-state index is 11.9. The van der Waals surface area contributed by atoms with Crippen molar-refractivity contribution in [1.82, 2.24) is 4.90 Å². The second kappa shape index (κ2) is 10.6. The molecule has 0 saturated heterocycles. The molecule has 0 fully saturated rings. The maximum absolute atomic E-state index is 11.9. The average molecular weight is 342 g/mol. The van der Waals surface area contributed by atoms with Crippen LogP contribution in [0.4, 0.5) is 0 Å². The molecule has 0 aromatic heterocycles. The first-order chi connectivity index (χ1) is 10.1. The van der Waals surface area contributed by atoms with Gasteiger partial charge in [0.05, 0.1) is 6.54 Å². The van der Waals surface area contributed by atoms with Gasteiger partial charge in [-0.25, -0.2) is 0 Å². The van der Waals surface area contributed by atoms with Crippen molar-refractivity contribution in [1.29, 1.82) is 0 Å². The fraction of sp³-hybridized carbons (Fsp3) is 0.267. The molecule has 2 rings (SSSR count). The van der Waals surface area contributed by atoms with Crippen molar-refractivity contribution in [2.45, 2.75) is 0 Å². The van der Waals surface area contributed by atoms with Gasteiger partial charge in [0.1, 0.15) is 0 Å². The van der Waals surface area contributed by atoms with Crippen LogP contribution in [0.25, 0.3) is 26.7 Å². The maximum Gasteiger partial charge on any atom is 3.00 e. The Morgan fingerprint density at radius 3 is 2.45 bits per heavy atom. The summed E-state index contributed by atoms with van der Waals surface area (Å²) in [5.41, 5.74) is 14.2. The predicted octanol–water partition coefficient (Wildman–Crippen LogP) is 2.76. The molecule has 0 saturated carbocycles. The van der Waals surface area contributed by atoms with Gasteiger partial charge in [0, 0.05) is 12.8 Å². The Kier molecular flexibility index (Phi) is 9.63.